The van der Waals surface area contributed by atoms with Gasteiger partial charge in [0.15, 0.2) is 5.69 Å². The molecule has 1 aromatic heterocycles. The zero-order valence-corrected chi connectivity index (χ0v) is 18.4. The number of rotatable bonds is 6. The van der Waals surface area contributed by atoms with Crippen LogP contribution in [0.3, 0.4) is 0 Å². The fourth-order valence-corrected chi connectivity index (χ4v) is 4.19. The Morgan fingerprint density at radius 1 is 0.912 bits per heavy atom. The molecular formula is C27H23FN4O2. The lowest BCUT2D eigenvalue weighted by Crippen LogP contribution is -2.40. The minimum absolute atomic E-state index is 0.169. The lowest BCUT2D eigenvalue weighted by molar-refractivity contribution is 0.0681. The first-order chi connectivity index (χ1) is 16.6. The second-order valence-electron chi connectivity index (χ2n) is 8.18. The van der Waals surface area contributed by atoms with Crippen LogP contribution >= 0.6 is 0 Å². The van der Waals surface area contributed by atoms with Crippen molar-refractivity contribution in [2.75, 3.05) is 6.54 Å². The van der Waals surface area contributed by atoms with Gasteiger partial charge in [-0.2, -0.15) is 5.10 Å². The standard InChI is InChI=1S/C27H23FN4O2/c28-22-14-8-7-13-21(22)18-31-15-16-32-24(27(31)34)17-23(30-32)26(33)29-25(19-9-3-1-4-10-19)20-11-5-2-6-12-20/h1-14,17,25H,15-16,18H2,(H,29,33). The summed E-state index contributed by atoms with van der Waals surface area (Å²) in [4.78, 5) is 27.8. The number of benzene rings is 3. The van der Waals surface area contributed by atoms with Gasteiger partial charge in [-0.25, -0.2) is 4.39 Å². The molecule has 2 amide bonds. The number of fused-ring (bicyclic) bond motifs is 1. The normalized spacial score (nSPS) is 13.1. The van der Waals surface area contributed by atoms with Crippen LogP contribution in [-0.2, 0) is 13.1 Å². The summed E-state index contributed by atoms with van der Waals surface area (Å²) < 4.78 is 15.6. The van der Waals surface area contributed by atoms with E-state index in [2.05, 4.69) is 10.4 Å². The summed E-state index contributed by atoms with van der Waals surface area (Å²) in [7, 11) is 0. The van der Waals surface area contributed by atoms with Gasteiger partial charge in [0, 0.05) is 24.7 Å². The van der Waals surface area contributed by atoms with Gasteiger partial charge in [-0.3, -0.25) is 14.3 Å². The Kier molecular flexibility index (Phi) is 5.91. The van der Waals surface area contributed by atoms with E-state index in [0.29, 0.717) is 24.3 Å². The number of hydrogen-bond acceptors (Lipinski definition) is 3. The van der Waals surface area contributed by atoms with E-state index in [1.807, 2.05) is 60.7 Å². The fourth-order valence-electron chi connectivity index (χ4n) is 4.19. The van der Waals surface area contributed by atoms with Crippen LogP contribution < -0.4 is 5.32 Å². The lowest BCUT2D eigenvalue weighted by Gasteiger charge is -2.27. The molecule has 6 nitrogen and oxygen atoms in total. The zero-order valence-electron chi connectivity index (χ0n) is 18.4. The number of aromatic nitrogens is 2. The Bertz CT molecular complexity index is 1280. The summed E-state index contributed by atoms with van der Waals surface area (Å²) in [6.07, 6.45) is 0. The van der Waals surface area contributed by atoms with Crippen molar-refractivity contribution >= 4 is 11.8 Å². The van der Waals surface area contributed by atoms with Crippen molar-refractivity contribution in [3.05, 3.63) is 125 Å². The van der Waals surface area contributed by atoms with E-state index in [0.717, 1.165) is 11.1 Å². The molecule has 0 unspecified atom stereocenters. The van der Waals surface area contributed by atoms with Crippen molar-refractivity contribution < 1.29 is 14.0 Å². The molecule has 170 valence electrons. The number of amides is 2. The molecule has 34 heavy (non-hydrogen) atoms. The summed E-state index contributed by atoms with van der Waals surface area (Å²) in [6, 6.07) is 27.0. The number of nitrogens with zero attached hydrogens (tertiary/aromatic N) is 3. The van der Waals surface area contributed by atoms with Gasteiger partial charge < -0.3 is 10.2 Å². The smallest absolute Gasteiger partial charge is 0.272 e. The van der Waals surface area contributed by atoms with Crippen molar-refractivity contribution in [3.63, 3.8) is 0 Å². The molecule has 5 rings (SSSR count). The van der Waals surface area contributed by atoms with Crippen LogP contribution in [-0.4, -0.2) is 33.0 Å². The highest BCUT2D eigenvalue weighted by molar-refractivity contribution is 5.98. The van der Waals surface area contributed by atoms with Gasteiger partial charge in [-0.15, -0.1) is 0 Å². The van der Waals surface area contributed by atoms with E-state index in [4.69, 9.17) is 0 Å². The molecule has 0 atom stereocenters. The predicted molar refractivity (Wildman–Crippen MR) is 126 cm³/mol. The van der Waals surface area contributed by atoms with Gasteiger partial charge in [-0.05, 0) is 17.2 Å². The lowest BCUT2D eigenvalue weighted by atomic mass is 9.98. The average Bonchev–Trinajstić information content (AvgIpc) is 3.32. The number of carbonyl (C=O) groups excluding carboxylic acids is 2. The molecule has 7 heteroatoms. The monoisotopic (exact) mass is 454 g/mol. The maximum absolute atomic E-state index is 14.1. The summed E-state index contributed by atoms with van der Waals surface area (Å²) in [5.41, 5.74) is 2.84. The molecule has 4 aromatic rings. The maximum atomic E-state index is 14.1. The largest absolute Gasteiger partial charge is 0.340 e. The fraction of sp³-hybridized carbons (Fsp3) is 0.148. The molecule has 0 saturated heterocycles. The van der Waals surface area contributed by atoms with Crippen molar-refractivity contribution in [3.8, 4) is 0 Å². The summed E-state index contributed by atoms with van der Waals surface area (Å²) in [5, 5.41) is 7.44. The minimum atomic E-state index is -0.368. The van der Waals surface area contributed by atoms with Crippen LogP contribution in [0.15, 0.2) is 91.0 Å². The van der Waals surface area contributed by atoms with Gasteiger partial charge in [0.2, 0.25) is 0 Å². The number of hydrogen-bond donors (Lipinski definition) is 1. The molecule has 1 aliphatic rings. The van der Waals surface area contributed by atoms with E-state index >= 15 is 0 Å². The Morgan fingerprint density at radius 2 is 1.53 bits per heavy atom. The summed E-state index contributed by atoms with van der Waals surface area (Å²) in [6.45, 7) is 0.992. The second-order valence-corrected chi connectivity index (χ2v) is 8.18. The van der Waals surface area contributed by atoms with E-state index in [1.165, 1.54) is 12.1 Å². The van der Waals surface area contributed by atoms with Crippen LogP contribution in [0.25, 0.3) is 0 Å². The van der Waals surface area contributed by atoms with Gasteiger partial charge in [-0.1, -0.05) is 78.9 Å². The van der Waals surface area contributed by atoms with E-state index in [9.17, 15) is 14.0 Å². The Morgan fingerprint density at radius 3 is 2.18 bits per heavy atom. The van der Waals surface area contributed by atoms with Gasteiger partial charge >= 0.3 is 0 Å². The first-order valence-corrected chi connectivity index (χ1v) is 11.1. The van der Waals surface area contributed by atoms with Crippen LogP contribution in [0.5, 0.6) is 0 Å². The summed E-state index contributed by atoms with van der Waals surface area (Å²) in [5.74, 6) is -0.987. The minimum Gasteiger partial charge on any atom is -0.340 e. The average molecular weight is 455 g/mol. The number of nitrogens with one attached hydrogen (secondary N) is 1. The van der Waals surface area contributed by atoms with E-state index in [1.54, 1.807) is 27.8 Å². The number of halogens is 1. The zero-order chi connectivity index (χ0) is 23.5. The predicted octanol–water partition coefficient (Wildman–Crippen LogP) is 4.20. The second kappa shape index (κ2) is 9.31. The maximum Gasteiger partial charge on any atom is 0.272 e. The van der Waals surface area contributed by atoms with Crippen molar-refractivity contribution in [1.82, 2.24) is 20.0 Å². The molecule has 1 N–H and O–H groups in total. The van der Waals surface area contributed by atoms with Crippen LogP contribution in [0, 0.1) is 5.82 Å². The molecule has 0 aliphatic carbocycles. The van der Waals surface area contributed by atoms with Crippen LogP contribution in [0.2, 0.25) is 0 Å². The summed E-state index contributed by atoms with van der Waals surface area (Å²) >= 11 is 0. The third-order valence-corrected chi connectivity index (χ3v) is 5.96. The van der Waals surface area contributed by atoms with Gasteiger partial charge in [0.05, 0.1) is 12.6 Å². The molecule has 0 spiro atoms. The highest BCUT2D eigenvalue weighted by atomic mass is 19.1. The third kappa shape index (κ3) is 4.32. The van der Waals surface area contributed by atoms with Gasteiger partial charge in [0.1, 0.15) is 11.5 Å². The molecule has 2 heterocycles. The van der Waals surface area contributed by atoms with E-state index < -0.39 is 0 Å². The van der Waals surface area contributed by atoms with Crippen molar-refractivity contribution in [2.45, 2.75) is 19.1 Å². The molecule has 0 bridgehead atoms. The highest BCUT2D eigenvalue weighted by Crippen LogP contribution is 2.23. The van der Waals surface area contributed by atoms with Crippen molar-refractivity contribution in [2.24, 2.45) is 0 Å². The Labute approximate surface area is 196 Å². The number of carbonyl (C=O) groups is 2. The third-order valence-electron chi connectivity index (χ3n) is 5.96. The Hall–Kier alpha value is -4.26. The molecule has 0 radical (unpaired) electrons. The molecule has 0 saturated carbocycles. The quantitative estimate of drug-likeness (QED) is 0.475. The first kappa shape index (κ1) is 21.6. The van der Waals surface area contributed by atoms with Gasteiger partial charge in [0.25, 0.3) is 11.8 Å². The van der Waals surface area contributed by atoms with Crippen molar-refractivity contribution in [1.29, 1.82) is 0 Å². The first-order valence-electron chi connectivity index (χ1n) is 11.1. The molecular weight excluding hydrogens is 431 g/mol. The van der Waals surface area contributed by atoms with Crippen LogP contribution in [0.1, 0.15) is 43.7 Å². The highest BCUT2D eigenvalue weighted by Gasteiger charge is 2.29. The SMILES string of the molecule is O=C(NC(c1ccccc1)c1ccccc1)c1cc2n(n1)CCN(Cc1ccccc1F)C2=O. The Balaban J connectivity index is 1.37. The van der Waals surface area contributed by atoms with E-state index in [-0.39, 0.29) is 35.9 Å². The van der Waals surface area contributed by atoms with Crippen LogP contribution in [0.4, 0.5) is 4.39 Å². The molecule has 1 aliphatic heterocycles. The topological polar surface area (TPSA) is 67.2 Å². The molecule has 0 fully saturated rings. The molecule has 3 aromatic carbocycles.